The van der Waals surface area contributed by atoms with Gasteiger partial charge in [0.2, 0.25) is 0 Å². The van der Waals surface area contributed by atoms with Crippen molar-refractivity contribution in [1.29, 1.82) is 0 Å². The first-order valence-electron chi connectivity index (χ1n) is 5.97. The third-order valence-corrected chi connectivity index (χ3v) is 3.22. The van der Waals surface area contributed by atoms with Crippen LogP contribution in [0.25, 0.3) is 0 Å². The number of hydrogen-bond acceptors (Lipinski definition) is 2. The Morgan fingerprint density at radius 2 is 1.94 bits per heavy atom. The van der Waals surface area contributed by atoms with E-state index in [2.05, 4.69) is 24.0 Å². The summed E-state index contributed by atoms with van der Waals surface area (Å²) in [7, 11) is 0. The first-order chi connectivity index (χ1) is 8.18. The van der Waals surface area contributed by atoms with E-state index in [-0.39, 0.29) is 0 Å². The van der Waals surface area contributed by atoms with Gasteiger partial charge in [-0.15, -0.1) is 0 Å². The van der Waals surface area contributed by atoms with Crippen LogP contribution < -0.4 is 4.90 Å². The average molecular weight is 234 g/mol. The predicted molar refractivity (Wildman–Crippen MR) is 67.6 cm³/mol. The summed E-state index contributed by atoms with van der Waals surface area (Å²) in [5, 5.41) is 8.98. The minimum absolute atomic E-state index is 0.587. The zero-order valence-corrected chi connectivity index (χ0v) is 10.1. The molecule has 0 atom stereocenters. The molecule has 0 saturated carbocycles. The summed E-state index contributed by atoms with van der Waals surface area (Å²) in [6.45, 7) is 5.02. The van der Waals surface area contributed by atoms with Crippen molar-refractivity contribution in [3.63, 3.8) is 0 Å². The Bertz CT molecular complexity index is 406. The number of rotatable bonds is 1. The van der Waals surface area contributed by atoms with Crippen LogP contribution in [-0.4, -0.2) is 42.3 Å². The normalized spacial score (nSPS) is 16.8. The van der Waals surface area contributed by atoms with E-state index in [4.69, 9.17) is 5.11 Å². The molecular formula is C13H18N2O2. The van der Waals surface area contributed by atoms with Gasteiger partial charge in [0.1, 0.15) is 0 Å². The maximum Gasteiger partial charge on any atom is 0.407 e. The summed E-state index contributed by atoms with van der Waals surface area (Å²) in [6, 6.07) is 8.25. The molecule has 17 heavy (non-hydrogen) atoms. The summed E-state index contributed by atoms with van der Waals surface area (Å²) in [5.41, 5.74) is 2.47. The second kappa shape index (κ2) is 5.08. The van der Waals surface area contributed by atoms with Crippen molar-refractivity contribution >= 4 is 11.8 Å². The van der Waals surface area contributed by atoms with E-state index in [9.17, 15) is 4.79 Å². The lowest BCUT2D eigenvalue weighted by atomic mass is 10.2. The van der Waals surface area contributed by atoms with E-state index >= 15 is 0 Å². The average Bonchev–Trinajstić information content (AvgIpc) is 2.55. The Morgan fingerprint density at radius 1 is 1.18 bits per heavy atom. The predicted octanol–water partition coefficient (Wildman–Crippen LogP) is 2.19. The first-order valence-corrected chi connectivity index (χ1v) is 5.97. The second-order valence-electron chi connectivity index (χ2n) is 4.40. The molecule has 1 amide bonds. The Labute approximate surface area is 101 Å². The van der Waals surface area contributed by atoms with Crippen molar-refractivity contribution in [2.24, 2.45) is 0 Å². The van der Waals surface area contributed by atoms with Gasteiger partial charge in [0.25, 0.3) is 0 Å². The standard InChI is InChI=1S/C13H18N2O2/c1-11-5-2-3-6-12(11)14-7-4-8-15(10-9-14)13(16)17/h2-3,5-6H,4,7-10H2,1H3,(H,16,17). The number of carboxylic acid groups (broad SMARTS) is 1. The van der Waals surface area contributed by atoms with Crippen LogP contribution >= 0.6 is 0 Å². The minimum atomic E-state index is -0.809. The van der Waals surface area contributed by atoms with Crippen molar-refractivity contribution in [3.05, 3.63) is 29.8 Å². The van der Waals surface area contributed by atoms with Gasteiger partial charge in [-0.25, -0.2) is 4.79 Å². The number of para-hydroxylation sites is 1. The molecule has 1 fully saturated rings. The smallest absolute Gasteiger partial charge is 0.407 e. The molecule has 1 aromatic rings. The van der Waals surface area contributed by atoms with Crippen molar-refractivity contribution in [1.82, 2.24) is 4.90 Å². The zero-order valence-electron chi connectivity index (χ0n) is 10.1. The molecule has 0 aliphatic carbocycles. The van der Waals surface area contributed by atoms with E-state index in [1.807, 2.05) is 12.1 Å². The lowest BCUT2D eigenvalue weighted by Crippen LogP contribution is -2.34. The number of nitrogens with zero attached hydrogens (tertiary/aromatic N) is 2. The number of hydrogen-bond donors (Lipinski definition) is 1. The lowest BCUT2D eigenvalue weighted by molar-refractivity contribution is 0.148. The highest BCUT2D eigenvalue weighted by molar-refractivity contribution is 5.65. The highest BCUT2D eigenvalue weighted by Crippen LogP contribution is 2.20. The molecular weight excluding hydrogens is 216 g/mol. The first kappa shape index (κ1) is 11.8. The Kier molecular flexibility index (Phi) is 3.52. The number of aryl methyl sites for hydroxylation is 1. The molecule has 1 aliphatic rings. The van der Waals surface area contributed by atoms with Crippen LogP contribution in [0.2, 0.25) is 0 Å². The molecule has 1 aliphatic heterocycles. The van der Waals surface area contributed by atoms with Gasteiger partial charge in [0.15, 0.2) is 0 Å². The van der Waals surface area contributed by atoms with E-state index in [1.54, 1.807) is 0 Å². The summed E-state index contributed by atoms with van der Waals surface area (Å²) in [6.07, 6.45) is 0.0808. The van der Waals surface area contributed by atoms with Crippen LogP contribution in [0.3, 0.4) is 0 Å². The van der Waals surface area contributed by atoms with Gasteiger partial charge in [0.05, 0.1) is 0 Å². The van der Waals surface area contributed by atoms with Crippen LogP contribution in [0.5, 0.6) is 0 Å². The van der Waals surface area contributed by atoms with Gasteiger partial charge in [-0.2, -0.15) is 0 Å². The molecule has 0 aromatic heterocycles. The third-order valence-electron chi connectivity index (χ3n) is 3.22. The monoisotopic (exact) mass is 234 g/mol. The molecule has 4 heteroatoms. The summed E-state index contributed by atoms with van der Waals surface area (Å²) in [4.78, 5) is 14.7. The van der Waals surface area contributed by atoms with Crippen molar-refractivity contribution in [2.45, 2.75) is 13.3 Å². The third kappa shape index (κ3) is 2.70. The SMILES string of the molecule is Cc1ccccc1N1CCCN(C(=O)O)CC1. The van der Waals surface area contributed by atoms with Crippen molar-refractivity contribution < 1.29 is 9.90 Å². The number of carbonyl (C=O) groups is 1. The summed E-state index contributed by atoms with van der Waals surface area (Å²) >= 11 is 0. The summed E-state index contributed by atoms with van der Waals surface area (Å²) < 4.78 is 0. The largest absolute Gasteiger partial charge is 0.465 e. The maximum absolute atomic E-state index is 10.9. The number of amides is 1. The van der Waals surface area contributed by atoms with Gasteiger partial charge in [-0.1, -0.05) is 18.2 Å². The van der Waals surface area contributed by atoms with Gasteiger partial charge >= 0.3 is 6.09 Å². The molecule has 0 spiro atoms. The Morgan fingerprint density at radius 3 is 2.65 bits per heavy atom. The molecule has 1 N–H and O–H groups in total. The van der Waals surface area contributed by atoms with Crippen LogP contribution in [-0.2, 0) is 0 Å². The quantitative estimate of drug-likeness (QED) is 0.810. The van der Waals surface area contributed by atoms with Crippen LogP contribution in [0, 0.1) is 6.92 Å². The Balaban J connectivity index is 2.09. The van der Waals surface area contributed by atoms with E-state index in [0.29, 0.717) is 13.1 Å². The van der Waals surface area contributed by atoms with Gasteiger partial charge in [-0.3, -0.25) is 0 Å². The fraction of sp³-hybridized carbons (Fsp3) is 0.462. The topological polar surface area (TPSA) is 43.8 Å². The van der Waals surface area contributed by atoms with Crippen LogP contribution in [0.4, 0.5) is 10.5 Å². The van der Waals surface area contributed by atoms with E-state index < -0.39 is 6.09 Å². The van der Waals surface area contributed by atoms with Crippen LogP contribution in [0.15, 0.2) is 24.3 Å². The fourth-order valence-electron chi connectivity index (χ4n) is 2.27. The molecule has 1 aromatic carbocycles. The van der Waals surface area contributed by atoms with Gasteiger partial charge in [-0.05, 0) is 25.0 Å². The zero-order chi connectivity index (χ0) is 12.3. The highest BCUT2D eigenvalue weighted by atomic mass is 16.4. The van der Waals surface area contributed by atoms with Gasteiger partial charge < -0.3 is 14.9 Å². The molecule has 92 valence electrons. The molecule has 4 nitrogen and oxygen atoms in total. The molecule has 0 radical (unpaired) electrons. The molecule has 1 heterocycles. The van der Waals surface area contributed by atoms with E-state index in [1.165, 1.54) is 16.2 Å². The minimum Gasteiger partial charge on any atom is -0.465 e. The summed E-state index contributed by atoms with van der Waals surface area (Å²) in [5.74, 6) is 0. The second-order valence-corrected chi connectivity index (χ2v) is 4.40. The molecule has 1 saturated heterocycles. The Hall–Kier alpha value is -1.71. The number of benzene rings is 1. The fourth-order valence-corrected chi connectivity index (χ4v) is 2.27. The highest BCUT2D eigenvalue weighted by Gasteiger charge is 2.18. The maximum atomic E-state index is 10.9. The van der Waals surface area contributed by atoms with E-state index in [0.717, 1.165) is 19.5 Å². The molecule has 0 bridgehead atoms. The van der Waals surface area contributed by atoms with Crippen LogP contribution in [0.1, 0.15) is 12.0 Å². The van der Waals surface area contributed by atoms with Gasteiger partial charge in [0, 0.05) is 31.9 Å². The lowest BCUT2D eigenvalue weighted by Gasteiger charge is -2.24. The van der Waals surface area contributed by atoms with Crippen molar-refractivity contribution in [3.8, 4) is 0 Å². The van der Waals surface area contributed by atoms with Crippen molar-refractivity contribution in [2.75, 3.05) is 31.1 Å². The number of anilines is 1. The molecule has 0 unspecified atom stereocenters. The molecule has 2 rings (SSSR count).